The van der Waals surface area contributed by atoms with Crippen molar-refractivity contribution >= 4 is 37.5 Å². The first kappa shape index (κ1) is 22.9. The smallest absolute Gasteiger partial charge is 0.279 e. The molecule has 0 radical (unpaired) electrons. The van der Waals surface area contributed by atoms with Gasteiger partial charge in [0.1, 0.15) is 5.82 Å². The number of fused-ring (bicyclic) bond motifs is 1. The standard InChI is InChI=1S/C22H22FN3O3S2/c1-4-6-15-25(3)31(28,29)17-12-10-16(11-13-17)21(27)24-22-26(14-5-2)20-18(23)8-7-9-19(20)30-22/h2,7-13H,4,6,14-15H2,1,3H3. The molecule has 1 heterocycles. The summed E-state index contributed by atoms with van der Waals surface area (Å²) in [5.41, 5.74) is 0.522. The van der Waals surface area contributed by atoms with E-state index in [0.29, 0.717) is 16.8 Å². The number of thiazole rings is 1. The van der Waals surface area contributed by atoms with Gasteiger partial charge in [0.25, 0.3) is 5.91 Å². The van der Waals surface area contributed by atoms with E-state index in [9.17, 15) is 17.6 Å². The Morgan fingerprint density at radius 1 is 1.26 bits per heavy atom. The monoisotopic (exact) mass is 459 g/mol. The molecule has 0 bridgehead atoms. The summed E-state index contributed by atoms with van der Waals surface area (Å²) in [5.74, 6) is 1.44. The zero-order valence-electron chi connectivity index (χ0n) is 17.2. The van der Waals surface area contributed by atoms with E-state index in [1.807, 2.05) is 6.92 Å². The lowest BCUT2D eigenvalue weighted by Crippen LogP contribution is -2.27. The second-order valence-electron chi connectivity index (χ2n) is 6.88. The highest BCUT2D eigenvalue weighted by Gasteiger charge is 2.20. The second-order valence-corrected chi connectivity index (χ2v) is 9.94. The number of nitrogens with zero attached hydrogens (tertiary/aromatic N) is 3. The van der Waals surface area contributed by atoms with Crippen molar-refractivity contribution in [3.8, 4) is 12.3 Å². The van der Waals surface area contributed by atoms with Gasteiger partial charge in [-0.3, -0.25) is 4.79 Å². The van der Waals surface area contributed by atoms with E-state index in [1.165, 1.54) is 46.3 Å². The van der Waals surface area contributed by atoms with Gasteiger partial charge in [0.05, 0.1) is 21.7 Å². The fourth-order valence-corrected chi connectivity index (χ4v) is 5.26. The summed E-state index contributed by atoms with van der Waals surface area (Å²) in [6, 6.07) is 10.3. The van der Waals surface area contributed by atoms with E-state index in [0.717, 1.165) is 24.2 Å². The van der Waals surface area contributed by atoms with Crippen LogP contribution < -0.4 is 4.80 Å². The number of unbranched alkanes of at least 4 members (excludes halogenated alkanes) is 1. The molecule has 0 aliphatic heterocycles. The lowest BCUT2D eigenvalue weighted by atomic mass is 10.2. The number of halogens is 1. The number of hydrogen-bond donors (Lipinski definition) is 0. The Bertz CT molecular complexity index is 1320. The molecular formula is C22H22FN3O3S2. The van der Waals surface area contributed by atoms with Gasteiger partial charge >= 0.3 is 0 Å². The molecule has 1 amide bonds. The fraction of sp³-hybridized carbons (Fsp3) is 0.273. The van der Waals surface area contributed by atoms with E-state index in [-0.39, 0.29) is 21.8 Å². The van der Waals surface area contributed by atoms with Crippen molar-refractivity contribution in [2.75, 3.05) is 13.6 Å². The Balaban J connectivity index is 1.95. The number of sulfonamides is 1. The molecule has 0 spiro atoms. The van der Waals surface area contributed by atoms with E-state index in [4.69, 9.17) is 6.42 Å². The van der Waals surface area contributed by atoms with E-state index < -0.39 is 21.7 Å². The Hall–Kier alpha value is -2.80. The zero-order chi connectivity index (χ0) is 22.6. The number of terminal acetylenes is 1. The number of hydrogen-bond acceptors (Lipinski definition) is 4. The molecule has 31 heavy (non-hydrogen) atoms. The number of carbonyl (C=O) groups excluding carboxylic acids is 1. The summed E-state index contributed by atoms with van der Waals surface area (Å²) < 4.78 is 42.9. The third-order valence-corrected chi connectivity index (χ3v) is 7.65. The minimum Gasteiger partial charge on any atom is -0.302 e. The minimum absolute atomic E-state index is 0.0638. The Morgan fingerprint density at radius 2 is 1.97 bits per heavy atom. The van der Waals surface area contributed by atoms with Crippen molar-refractivity contribution in [2.24, 2.45) is 4.99 Å². The maximum absolute atomic E-state index is 14.3. The average molecular weight is 460 g/mol. The van der Waals surface area contributed by atoms with Gasteiger partial charge in [0.15, 0.2) is 4.80 Å². The predicted molar refractivity (Wildman–Crippen MR) is 120 cm³/mol. The number of aromatic nitrogens is 1. The van der Waals surface area contributed by atoms with Crippen LogP contribution in [0.15, 0.2) is 52.4 Å². The first-order valence-corrected chi connectivity index (χ1v) is 11.9. The first-order valence-electron chi connectivity index (χ1n) is 9.66. The van der Waals surface area contributed by atoms with Gasteiger partial charge in [-0.2, -0.15) is 4.99 Å². The van der Waals surface area contributed by atoms with Crippen LogP contribution >= 0.6 is 11.3 Å². The fourth-order valence-electron chi connectivity index (χ4n) is 3.01. The number of carbonyl (C=O) groups is 1. The molecule has 2 aromatic carbocycles. The maximum Gasteiger partial charge on any atom is 0.279 e. The molecule has 1 aromatic heterocycles. The lowest BCUT2D eigenvalue weighted by Gasteiger charge is -2.16. The third-order valence-electron chi connectivity index (χ3n) is 4.73. The van der Waals surface area contributed by atoms with Crippen molar-refractivity contribution < 1.29 is 17.6 Å². The molecule has 6 nitrogen and oxygen atoms in total. The van der Waals surface area contributed by atoms with Crippen molar-refractivity contribution in [1.29, 1.82) is 0 Å². The second kappa shape index (κ2) is 9.56. The first-order chi connectivity index (χ1) is 14.8. The molecular weight excluding hydrogens is 437 g/mol. The summed E-state index contributed by atoms with van der Waals surface area (Å²) in [7, 11) is -2.09. The topological polar surface area (TPSA) is 71.7 Å². The van der Waals surface area contributed by atoms with Crippen LogP contribution in [-0.4, -0.2) is 36.8 Å². The highest BCUT2D eigenvalue weighted by Crippen LogP contribution is 2.21. The summed E-state index contributed by atoms with van der Waals surface area (Å²) in [5, 5.41) is 0. The van der Waals surface area contributed by atoms with Gasteiger partial charge in [0, 0.05) is 19.2 Å². The molecule has 9 heteroatoms. The van der Waals surface area contributed by atoms with Gasteiger partial charge in [0.2, 0.25) is 10.0 Å². The van der Waals surface area contributed by atoms with Crippen LogP contribution in [0.2, 0.25) is 0 Å². The molecule has 0 atom stereocenters. The normalized spacial score (nSPS) is 12.4. The number of para-hydroxylation sites is 1. The van der Waals surface area contributed by atoms with E-state index in [2.05, 4.69) is 10.9 Å². The zero-order valence-corrected chi connectivity index (χ0v) is 18.8. The minimum atomic E-state index is -3.62. The maximum atomic E-state index is 14.3. The SMILES string of the molecule is C#CCn1c(=NC(=O)c2ccc(S(=O)(=O)N(C)CCCC)cc2)sc2cccc(F)c21. The lowest BCUT2D eigenvalue weighted by molar-refractivity contribution is 0.0997. The largest absolute Gasteiger partial charge is 0.302 e. The van der Waals surface area contributed by atoms with Gasteiger partial charge < -0.3 is 4.57 Å². The molecule has 0 N–H and O–H groups in total. The van der Waals surface area contributed by atoms with Crippen LogP contribution in [0.3, 0.4) is 0 Å². The van der Waals surface area contributed by atoms with Crippen LogP contribution in [0.1, 0.15) is 30.1 Å². The summed E-state index contributed by atoms with van der Waals surface area (Å²) in [6.45, 7) is 2.48. The molecule has 0 saturated heterocycles. The molecule has 0 saturated carbocycles. The molecule has 0 aliphatic carbocycles. The Morgan fingerprint density at radius 3 is 2.61 bits per heavy atom. The summed E-state index contributed by atoms with van der Waals surface area (Å²) in [6.07, 6.45) is 7.06. The summed E-state index contributed by atoms with van der Waals surface area (Å²) >= 11 is 1.16. The van der Waals surface area contributed by atoms with Crippen molar-refractivity contribution in [3.63, 3.8) is 0 Å². The Kier molecular flexibility index (Phi) is 7.05. The number of rotatable bonds is 7. The molecule has 162 valence electrons. The van der Waals surface area contributed by atoms with Crippen LogP contribution in [-0.2, 0) is 16.6 Å². The highest BCUT2D eigenvalue weighted by atomic mass is 32.2. The quantitative estimate of drug-likeness (QED) is 0.507. The third kappa shape index (κ3) is 4.77. The van der Waals surface area contributed by atoms with E-state index in [1.54, 1.807) is 12.1 Å². The van der Waals surface area contributed by atoms with Crippen molar-refractivity contribution in [2.45, 2.75) is 31.2 Å². The molecule has 3 rings (SSSR count). The predicted octanol–water partition coefficient (Wildman–Crippen LogP) is 3.64. The van der Waals surface area contributed by atoms with Crippen molar-refractivity contribution in [3.05, 3.63) is 58.6 Å². The van der Waals surface area contributed by atoms with Crippen molar-refractivity contribution in [1.82, 2.24) is 8.87 Å². The summed E-state index contributed by atoms with van der Waals surface area (Å²) in [4.78, 5) is 17.2. The number of amides is 1. The highest BCUT2D eigenvalue weighted by molar-refractivity contribution is 7.89. The van der Waals surface area contributed by atoms with Crippen LogP contribution in [0.5, 0.6) is 0 Å². The van der Waals surface area contributed by atoms with Crippen LogP contribution in [0.25, 0.3) is 10.2 Å². The van der Waals surface area contributed by atoms with E-state index >= 15 is 0 Å². The number of benzene rings is 2. The molecule has 0 aliphatic rings. The van der Waals surface area contributed by atoms with Crippen LogP contribution in [0, 0.1) is 18.2 Å². The van der Waals surface area contributed by atoms with Gasteiger partial charge in [-0.1, -0.05) is 36.7 Å². The van der Waals surface area contributed by atoms with Crippen LogP contribution in [0.4, 0.5) is 4.39 Å². The van der Waals surface area contributed by atoms with Gasteiger partial charge in [-0.15, -0.1) is 6.42 Å². The average Bonchev–Trinajstić information content (AvgIpc) is 3.10. The molecule has 3 aromatic rings. The van der Waals surface area contributed by atoms with Gasteiger partial charge in [-0.05, 0) is 42.8 Å². The molecule has 0 fully saturated rings. The van der Waals surface area contributed by atoms with Gasteiger partial charge in [-0.25, -0.2) is 17.1 Å². The Labute approximate surface area is 184 Å². The molecule has 0 unspecified atom stereocenters.